The SMILES string of the molecule is O=S(=O)(Nc1cn2ccccc2n1)c1cccc(Cl)c1. The van der Waals surface area contributed by atoms with E-state index in [2.05, 4.69) is 9.71 Å². The Morgan fingerprint density at radius 2 is 2.00 bits per heavy atom. The second kappa shape index (κ2) is 4.81. The normalized spacial score (nSPS) is 11.7. The average Bonchev–Trinajstić information content (AvgIpc) is 2.80. The fourth-order valence-electron chi connectivity index (χ4n) is 1.81. The first-order valence-corrected chi connectivity index (χ1v) is 7.63. The molecule has 0 amide bonds. The van der Waals surface area contributed by atoms with Crippen LogP contribution in [0.15, 0.2) is 59.8 Å². The summed E-state index contributed by atoms with van der Waals surface area (Å²) >= 11 is 5.81. The van der Waals surface area contributed by atoms with Crippen LogP contribution in [0.3, 0.4) is 0 Å². The van der Waals surface area contributed by atoms with Crippen molar-refractivity contribution in [3.63, 3.8) is 0 Å². The van der Waals surface area contributed by atoms with Crippen LogP contribution in [0.1, 0.15) is 0 Å². The summed E-state index contributed by atoms with van der Waals surface area (Å²) in [5.74, 6) is 0.260. The van der Waals surface area contributed by atoms with Crippen LogP contribution >= 0.6 is 11.6 Å². The van der Waals surface area contributed by atoms with Gasteiger partial charge in [-0.2, -0.15) is 0 Å². The predicted molar refractivity (Wildman–Crippen MR) is 77.5 cm³/mol. The Morgan fingerprint density at radius 1 is 1.15 bits per heavy atom. The third-order valence-electron chi connectivity index (χ3n) is 2.71. The number of hydrogen-bond acceptors (Lipinski definition) is 3. The molecule has 0 radical (unpaired) electrons. The number of aromatic nitrogens is 2. The number of benzene rings is 1. The Kier molecular flexibility index (Phi) is 3.11. The third-order valence-corrected chi connectivity index (χ3v) is 4.30. The van der Waals surface area contributed by atoms with Gasteiger partial charge in [0.2, 0.25) is 0 Å². The van der Waals surface area contributed by atoms with Gasteiger partial charge in [0.1, 0.15) is 5.65 Å². The van der Waals surface area contributed by atoms with Crippen molar-refractivity contribution in [2.75, 3.05) is 4.72 Å². The van der Waals surface area contributed by atoms with Crippen molar-refractivity contribution in [3.05, 3.63) is 59.9 Å². The lowest BCUT2D eigenvalue weighted by Crippen LogP contribution is -2.13. The molecule has 1 aromatic carbocycles. The van der Waals surface area contributed by atoms with E-state index in [9.17, 15) is 8.42 Å². The number of sulfonamides is 1. The van der Waals surface area contributed by atoms with Gasteiger partial charge in [0.25, 0.3) is 10.0 Å². The highest BCUT2D eigenvalue weighted by molar-refractivity contribution is 7.92. The lowest BCUT2D eigenvalue weighted by Gasteiger charge is -2.05. The molecule has 0 unspecified atom stereocenters. The van der Waals surface area contributed by atoms with Gasteiger partial charge in [0.15, 0.2) is 5.82 Å². The van der Waals surface area contributed by atoms with Crippen molar-refractivity contribution < 1.29 is 8.42 Å². The molecule has 0 aliphatic rings. The molecule has 3 aromatic rings. The number of nitrogens with zero attached hydrogens (tertiary/aromatic N) is 2. The summed E-state index contributed by atoms with van der Waals surface area (Å²) in [5.41, 5.74) is 0.663. The molecule has 20 heavy (non-hydrogen) atoms. The maximum Gasteiger partial charge on any atom is 0.263 e. The topological polar surface area (TPSA) is 63.5 Å². The van der Waals surface area contributed by atoms with Crippen molar-refractivity contribution in [3.8, 4) is 0 Å². The van der Waals surface area contributed by atoms with Crippen LogP contribution in [-0.2, 0) is 10.0 Å². The van der Waals surface area contributed by atoms with E-state index < -0.39 is 10.0 Å². The maximum absolute atomic E-state index is 12.2. The summed E-state index contributed by atoms with van der Waals surface area (Å²) in [5, 5.41) is 0.364. The number of halogens is 1. The fourth-order valence-corrected chi connectivity index (χ4v) is 3.10. The molecular weight excluding hydrogens is 298 g/mol. The monoisotopic (exact) mass is 307 g/mol. The molecule has 102 valence electrons. The summed E-state index contributed by atoms with van der Waals surface area (Å²) in [6.45, 7) is 0. The number of rotatable bonds is 3. The van der Waals surface area contributed by atoms with Gasteiger partial charge in [-0.25, -0.2) is 13.4 Å². The number of imidazole rings is 1. The minimum atomic E-state index is -3.69. The molecule has 0 saturated heterocycles. The van der Waals surface area contributed by atoms with Crippen molar-refractivity contribution in [1.29, 1.82) is 0 Å². The molecular formula is C13H10ClN3O2S. The third kappa shape index (κ3) is 2.48. The van der Waals surface area contributed by atoms with E-state index in [4.69, 9.17) is 11.6 Å². The van der Waals surface area contributed by atoms with Crippen molar-refractivity contribution in [1.82, 2.24) is 9.38 Å². The van der Waals surface area contributed by atoms with Crippen LogP contribution in [0.5, 0.6) is 0 Å². The highest BCUT2D eigenvalue weighted by Gasteiger charge is 2.16. The predicted octanol–water partition coefficient (Wildman–Crippen LogP) is 2.79. The Labute approximate surface area is 120 Å². The van der Waals surface area contributed by atoms with E-state index in [1.807, 2.05) is 12.1 Å². The second-order valence-electron chi connectivity index (χ2n) is 4.16. The number of nitrogens with one attached hydrogen (secondary N) is 1. The first-order chi connectivity index (χ1) is 9.54. The molecule has 2 aromatic heterocycles. The summed E-state index contributed by atoms with van der Waals surface area (Å²) in [7, 11) is -3.69. The van der Waals surface area contributed by atoms with Crippen LogP contribution in [0.2, 0.25) is 5.02 Å². The summed E-state index contributed by atoms with van der Waals surface area (Å²) < 4.78 is 28.6. The first-order valence-electron chi connectivity index (χ1n) is 5.77. The number of pyridine rings is 1. The van der Waals surface area contributed by atoms with Gasteiger partial charge in [-0.15, -0.1) is 0 Å². The van der Waals surface area contributed by atoms with Gasteiger partial charge in [-0.3, -0.25) is 4.72 Å². The number of anilines is 1. The van der Waals surface area contributed by atoms with Gasteiger partial charge in [0, 0.05) is 11.2 Å². The van der Waals surface area contributed by atoms with Crippen molar-refractivity contribution in [2.45, 2.75) is 4.90 Å². The van der Waals surface area contributed by atoms with E-state index in [1.54, 1.807) is 35.0 Å². The number of hydrogen-bond donors (Lipinski definition) is 1. The molecule has 0 atom stereocenters. The van der Waals surface area contributed by atoms with Gasteiger partial charge in [0.05, 0.1) is 11.1 Å². The number of fused-ring (bicyclic) bond motifs is 1. The molecule has 0 fully saturated rings. The highest BCUT2D eigenvalue weighted by atomic mass is 35.5. The minimum absolute atomic E-state index is 0.0991. The smallest absolute Gasteiger partial charge is 0.263 e. The van der Waals surface area contributed by atoms with Crippen LogP contribution in [0.4, 0.5) is 5.82 Å². The molecule has 0 saturated carbocycles. The highest BCUT2D eigenvalue weighted by Crippen LogP contribution is 2.19. The quantitative estimate of drug-likeness (QED) is 0.809. The molecule has 5 nitrogen and oxygen atoms in total. The van der Waals surface area contributed by atoms with Crippen LogP contribution < -0.4 is 4.72 Å². The summed E-state index contributed by atoms with van der Waals surface area (Å²) in [6.07, 6.45) is 3.40. The first kappa shape index (κ1) is 13.0. The van der Waals surface area contributed by atoms with E-state index in [1.165, 1.54) is 12.1 Å². The standard InChI is InChI=1S/C13H10ClN3O2S/c14-10-4-3-5-11(8-10)20(18,19)16-12-9-17-7-2-1-6-13(17)15-12/h1-9,16H. The Bertz CT molecular complexity index is 841. The second-order valence-corrected chi connectivity index (χ2v) is 6.27. The molecule has 0 aliphatic carbocycles. The average molecular weight is 308 g/mol. The van der Waals surface area contributed by atoms with Crippen molar-refractivity contribution >= 4 is 33.1 Å². The van der Waals surface area contributed by atoms with Gasteiger partial charge in [-0.05, 0) is 30.3 Å². The largest absolute Gasteiger partial charge is 0.305 e. The zero-order chi connectivity index (χ0) is 14.2. The maximum atomic E-state index is 12.2. The summed E-state index contributed by atoms with van der Waals surface area (Å²) in [6, 6.07) is 11.5. The molecule has 2 heterocycles. The van der Waals surface area contributed by atoms with Crippen molar-refractivity contribution in [2.24, 2.45) is 0 Å². The zero-order valence-corrected chi connectivity index (χ0v) is 11.8. The lowest BCUT2D eigenvalue weighted by atomic mass is 10.4. The Balaban J connectivity index is 1.97. The van der Waals surface area contributed by atoms with E-state index in [-0.39, 0.29) is 10.7 Å². The molecule has 0 aliphatic heterocycles. The molecule has 0 spiro atoms. The molecule has 1 N–H and O–H groups in total. The minimum Gasteiger partial charge on any atom is -0.305 e. The Hall–Kier alpha value is -2.05. The van der Waals surface area contributed by atoms with E-state index in [0.717, 1.165) is 0 Å². The van der Waals surface area contributed by atoms with Gasteiger partial charge >= 0.3 is 0 Å². The van der Waals surface area contributed by atoms with Crippen LogP contribution in [-0.4, -0.2) is 17.8 Å². The summed E-state index contributed by atoms with van der Waals surface area (Å²) in [4.78, 5) is 4.28. The Morgan fingerprint density at radius 3 is 2.75 bits per heavy atom. The van der Waals surface area contributed by atoms with Crippen LogP contribution in [0.25, 0.3) is 5.65 Å². The van der Waals surface area contributed by atoms with E-state index in [0.29, 0.717) is 10.7 Å². The van der Waals surface area contributed by atoms with Gasteiger partial charge < -0.3 is 4.40 Å². The zero-order valence-electron chi connectivity index (χ0n) is 10.2. The van der Waals surface area contributed by atoms with E-state index >= 15 is 0 Å². The van der Waals surface area contributed by atoms with Gasteiger partial charge in [-0.1, -0.05) is 23.7 Å². The van der Waals surface area contributed by atoms with Crippen LogP contribution in [0, 0.1) is 0 Å². The fraction of sp³-hybridized carbons (Fsp3) is 0. The molecule has 7 heteroatoms. The molecule has 0 bridgehead atoms. The molecule has 3 rings (SSSR count). The lowest BCUT2D eigenvalue weighted by molar-refractivity contribution is 0.601.